The Morgan fingerprint density at radius 1 is 1.05 bits per heavy atom. The van der Waals surface area contributed by atoms with Crippen LogP contribution in [0.2, 0.25) is 0 Å². The van der Waals surface area contributed by atoms with Crippen molar-refractivity contribution in [3.63, 3.8) is 0 Å². The fourth-order valence-electron chi connectivity index (χ4n) is 1.92. The SMILES string of the molecule is Cc1cc(C(=O)Nc2ccc(C)c(C(=O)O)c2)ccc1F. The zero-order valence-corrected chi connectivity index (χ0v) is 11.6. The average molecular weight is 287 g/mol. The number of carbonyl (C=O) groups excluding carboxylic acids is 1. The molecule has 21 heavy (non-hydrogen) atoms. The van der Waals surface area contributed by atoms with E-state index in [9.17, 15) is 14.0 Å². The summed E-state index contributed by atoms with van der Waals surface area (Å²) in [5.41, 5.74) is 1.80. The molecule has 0 atom stereocenters. The summed E-state index contributed by atoms with van der Waals surface area (Å²) in [6.07, 6.45) is 0. The Morgan fingerprint density at radius 2 is 1.76 bits per heavy atom. The van der Waals surface area contributed by atoms with E-state index in [0.717, 1.165) is 0 Å². The number of carboxylic acid groups (broad SMARTS) is 1. The fourth-order valence-corrected chi connectivity index (χ4v) is 1.92. The van der Waals surface area contributed by atoms with Crippen LogP contribution >= 0.6 is 0 Å². The Morgan fingerprint density at radius 3 is 2.38 bits per heavy atom. The molecule has 4 nitrogen and oxygen atoms in total. The van der Waals surface area contributed by atoms with Gasteiger partial charge in [0.25, 0.3) is 5.91 Å². The van der Waals surface area contributed by atoms with Gasteiger partial charge in [-0.3, -0.25) is 4.79 Å². The van der Waals surface area contributed by atoms with E-state index in [1.54, 1.807) is 26.0 Å². The highest BCUT2D eigenvalue weighted by Gasteiger charge is 2.11. The fraction of sp³-hybridized carbons (Fsp3) is 0.125. The predicted octanol–water partition coefficient (Wildman–Crippen LogP) is 3.39. The van der Waals surface area contributed by atoms with Gasteiger partial charge >= 0.3 is 5.97 Å². The lowest BCUT2D eigenvalue weighted by Crippen LogP contribution is -2.13. The molecule has 2 aromatic rings. The van der Waals surface area contributed by atoms with Gasteiger partial charge < -0.3 is 10.4 Å². The van der Waals surface area contributed by atoms with Crippen LogP contribution in [0.15, 0.2) is 36.4 Å². The number of hydrogen-bond acceptors (Lipinski definition) is 2. The van der Waals surface area contributed by atoms with Crippen molar-refractivity contribution < 1.29 is 19.1 Å². The van der Waals surface area contributed by atoms with Crippen molar-refractivity contribution in [3.8, 4) is 0 Å². The second kappa shape index (κ2) is 5.75. The second-order valence-electron chi connectivity index (χ2n) is 4.75. The second-order valence-corrected chi connectivity index (χ2v) is 4.75. The molecule has 1 amide bonds. The molecule has 0 aliphatic rings. The predicted molar refractivity (Wildman–Crippen MR) is 77.2 cm³/mol. The van der Waals surface area contributed by atoms with Gasteiger partial charge in [-0.2, -0.15) is 0 Å². The summed E-state index contributed by atoms with van der Waals surface area (Å²) >= 11 is 0. The number of benzene rings is 2. The van der Waals surface area contributed by atoms with Gasteiger partial charge in [-0.1, -0.05) is 6.07 Å². The van der Waals surface area contributed by atoms with E-state index in [4.69, 9.17) is 5.11 Å². The topological polar surface area (TPSA) is 66.4 Å². The largest absolute Gasteiger partial charge is 0.478 e. The van der Waals surface area contributed by atoms with E-state index in [0.29, 0.717) is 22.4 Å². The lowest BCUT2D eigenvalue weighted by atomic mass is 10.1. The Balaban J connectivity index is 2.25. The Kier molecular flexibility index (Phi) is 4.03. The maximum atomic E-state index is 13.2. The molecule has 0 saturated heterocycles. The molecule has 0 unspecified atom stereocenters. The molecule has 0 fully saturated rings. The average Bonchev–Trinajstić information content (AvgIpc) is 2.43. The molecule has 2 rings (SSSR count). The van der Waals surface area contributed by atoms with E-state index < -0.39 is 11.9 Å². The van der Waals surface area contributed by atoms with Crippen LogP contribution in [0.25, 0.3) is 0 Å². The number of aryl methyl sites for hydroxylation is 2. The molecule has 0 aliphatic heterocycles. The summed E-state index contributed by atoms with van der Waals surface area (Å²) in [7, 11) is 0. The monoisotopic (exact) mass is 287 g/mol. The Labute approximate surface area is 121 Å². The third kappa shape index (κ3) is 3.25. The van der Waals surface area contributed by atoms with E-state index in [2.05, 4.69) is 5.32 Å². The first-order chi connectivity index (χ1) is 9.88. The van der Waals surface area contributed by atoms with Gasteiger partial charge in [0.2, 0.25) is 0 Å². The summed E-state index contributed by atoms with van der Waals surface area (Å²) in [4.78, 5) is 23.1. The number of rotatable bonds is 3. The minimum absolute atomic E-state index is 0.128. The van der Waals surface area contributed by atoms with Gasteiger partial charge in [0.15, 0.2) is 0 Å². The highest BCUT2D eigenvalue weighted by atomic mass is 19.1. The number of nitrogens with one attached hydrogen (secondary N) is 1. The van der Waals surface area contributed by atoms with Crippen molar-refractivity contribution in [1.82, 2.24) is 0 Å². The van der Waals surface area contributed by atoms with E-state index in [1.807, 2.05) is 0 Å². The minimum Gasteiger partial charge on any atom is -0.478 e. The first kappa shape index (κ1) is 14.7. The van der Waals surface area contributed by atoms with Crippen molar-refractivity contribution in [3.05, 3.63) is 64.5 Å². The van der Waals surface area contributed by atoms with Gasteiger partial charge in [0, 0.05) is 11.3 Å². The highest BCUT2D eigenvalue weighted by Crippen LogP contribution is 2.17. The molecule has 0 heterocycles. The molecular formula is C16H14FNO3. The lowest BCUT2D eigenvalue weighted by molar-refractivity contribution is 0.0695. The zero-order valence-electron chi connectivity index (χ0n) is 11.6. The van der Waals surface area contributed by atoms with Crippen LogP contribution < -0.4 is 5.32 Å². The Hall–Kier alpha value is -2.69. The minimum atomic E-state index is -1.05. The van der Waals surface area contributed by atoms with Crippen LogP contribution in [0.1, 0.15) is 31.8 Å². The van der Waals surface area contributed by atoms with Gasteiger partial charge in [-0.05, 0) is 55.3 Å². The van der Waals surface area contributed by atoms with Gasteiger partial charge in [-0.25, -0.2) is 9.18 Å². The summed E-state index contributed by atoms with van der Waals surface area (Å²) in [6, 6.07) is 8.68. The van der Waals surface area contributed by atoms with E-state index >= 15 is 0 Å². The van der Waals surface area contributed by atoms with Crippen molar-refractivity contribution in [2.24, 2.45) is 0 Å². The Bertz CT molecular complexity index is 725. The van der Waals surface area contributed by atoms with E-state index in [1.165, 1.54) is 24.3 Å². The third-order valence-electron chi connectivity index (χ3n) is 3.15. The van der Waals surface area contributed by atoms with E-state index in [-0.39, 0.29) is 11.4 Å². The number of carboxylic acids is 1. The normalized spacial score (nSPS) is 10.2. The number of hydrogen-bond donors (Lipinski definition) is 2. The number of amides is 1. The number of carbonyl (C=O) groups is 2. The van der Waals surface area contributed by atoms with Crippen LogP contribution in [0, 0.1) is 19.7 Å². The van der Waals surface area contributed by atoms with Crippen LogP contribution in [-0.4, -0.2) is 17.0 Å². The summed E-state index contributed by atoms with van der Waals surface area (Å²) in [5.74, 6) is -1.85. The van der Waals surface area contributed by atoms with Gasteiger partial charge in [0.05, 0.1) is 5.56 Å². The van der Waals surface area contributed by atoms with Gasteiger partial charge in [0.1, 0.15) is 5.82 Å². The summed E-state index contributed by atoms with van der Waals surface area (Å²) in [6.45, 7) is 3.25. The smallest absolute Gasteiger partial charge is 0.336 e. The molecule has 2 N–H and O–H groups in total. The summed E-state index contributed by atoms with van der Waals surface area (Å²) < 4.78 is 13.2. The zero-order chi connectivity index (χ0) is 15.6. The number of anilines is 1. The number of aromatic carboxylic acids is 1. The lowest BCUT2D eigenvalue weighted by Gasteiger charge is -2.08. The molecule has 0 aliphatic carbocycles. The molecular weight excluding hydrogens is 273 g/mol. The maximum Gasteiger partial charge on any atom is 0.336 e. The van der Waals surface area contributed by atoms with Crippen LogP contribution in [0.5, 0.6) is 0 Å². The highest BCUT2D eigenvalue weighted by molar-refractivity contribution is 6.05. The molecule has 0 spiro atoms. The molecule has 108 valence electrons. The van der Waals surface area contributed by atoms with Crippen molar-refractivity contribution in [2.75, 3.05) is 5.32 Å². The van der Waals surface area contributed by atoms with Crippen molar-refractivity contribution in [1.29, 1.82) is 0 Å². The molecule has 5 heteroatoms. The molecule has 0 bridgehead atoms. The third-order valence-corrected chi connectivity index (χ3v) is 3.15. The first-order valence-electron chi connectivity index (χ1n) is 6.30. The quantitative estimate of drug-likeness (QED) is 0.909. The first-order valence-corrected chi connectivity index (χ1v) is 6.30. The van der Waals surface area contributed by atoms with Crippen molar-refractivity contribution in [2.45, 2.75) is 13.8 Å². The molecule has 0 aromatic heterocycles. The standard InChI is InChI=1S/C16H14FNO3/c1-9-3-5-12(8-13(9)16(20)21)18-15(19)11-4-6-14(17)10(2)7-11/h3-8H,1-2H3,(H,18,19)(H,20,21). The maximum absolute atomic E-state index is 13.2. The van der Waals surface area contributed by atoms with Crippen LogP contribution in [0.3, 0.4) is 0 Å². The summed E-state index contributed by atoms with van der Waals surface area (Å²) in [5, 5.41) is 11.7. The molecule has 0 saturated carbocycles. The van der Waals surface area contributed by atoms with Crippen LogP contribution in [0.4, 0.5) is 10.1 Å². The van der Waals surface area contributed by atoms with Crippen molar-refractivity contribution >= 4 is 17.6 Å². The molecule has 2 aromatic carbocycles. The van der Waals surface area contributed by atoms with Gasteiger partial charge in [-0.15, -0.1) is 0 Å². The number of halogens is 1. The molecule has 0 radical (unpaired) electrons. The van der Waals surface area contributed by atoms with Crippen LogP contribution in [-0.2, 0) is 0 Å².